The maximum Gasteiger partial charge on any atom is 0.349 e. The lowest BCUT2D eigenvalue weighted by molar-refractivity contribution is -0.139. The number of rotatable bonds is 7. The molecule has 9 heteroatoms. The first-order valence-electron chi connectivity index (χ1n) is 11.2. The lowest BCUT2D eigenvalue weighted by atomic mass is 10.1. The van der Waals surface area contributed by atoms with Crippen molar-refractivity contribution >= 4 is 33.6 Å². The lowest BCUT2D eigenvalue weighted by Crippen LogP contribution is -2.16. The zero-order valence-corrected chi connectivity index (χ0v) is 21.6. The predicted octanol–water partition coefficient (Wildman–Crippen LogP) is 4.91. The second-order valence-corrected chi connectivity index (χ2v) is 8.91. The molecule has 0 aliphatic rings. The van der Waals surface area contributed by atoms with Gasteiger partial charge in [0.1, 0.15) is 29.6 Å². The molecule has 8 nitrogen and oxygen atoms in total. The molecule has 1 aromatic carbocycles. The molecule has 0 saturated heterocycles. The second-order valence-electron chi connectivity index (χ2n) is 8.00. The summed E-state index contributed by atoms with van der Waals surface area (Å²) in [5.41, 5.74) is 3.75. The van der Waals surface area contributed by atoms with E-state index in [4.69, 9.17) is 9.47 Å². The largest absolute Gasteiger partial charge is 0.494 e. The van der Waals surface area contributed by atoms with E-state index >= 15 is 0 Å². The predicted molar refractivity (Wildman–Crippen MR) is 139 cm³/mol. The van der Waals surface area contributed by atoms with Crippen LogP contribution >= 0.6 is 15.9 Å². The molecule has 0 saturated carbocycles. The highest BCUT2D eigenvalue weighted by Crippen LogP contribution is 2.24. The van der Waals surface area contributed by atoms with E-state index in [2.05, 4.69) is 20.9 Å². The van der Waals surface area contributed by atoms with Crippen LogP contribution < -0.4 is 10.3 Å². The number of nitriles is 1. The summed E-state index contributed by atoms with van der Waals surface area (Å²) in [6.45, 7) is 6.16. The Balaban J connectivity index is 1.54. The SMILES string of the molecule is CCOc1ccc(-n2c(C)cc(/C=C(\C#N)C(=O)OCc3cc(=O)n4cc(Br)ccc4n3)c2C)cc1. The summed E-state index contributed by atoms with van der Waals surface area (Å²) in [5, 5.41) is 9.62. The number of benzene rings is 1. The third kappa shape index (κ3) is 5.24. The number of aromatic nitrogens is 3. The smallest absolute Gasteiger partial charge is 0.349 e. The minimum atomic E-state index is -0.791. The Morgan fingerprint density at radius 3 is 2.61 bits per heavy atom. The molecule has 0 aliphatic heterocycles. The number of esters is 1. The van der Waals surface area contributed by atoms with E-state index < -0.39 is 5.97 Å². The molecule has 4 aromatic rings. The quantitative estimate of drug-likeness (QED) is 0.185. The Labute approximate surface area is 216 Å². The summed E-state index contributed by atoms with van der Waals surface area (Å²) in [4.78, 5) is 29.4. The summed E-state index contributed by atoms with van der Waals surface area (Å²) in [5.74, 6) is -0.00372. The number of ether oxygens (including phenoxy) is 2. The van der Waals surface area contributed by atoms with Gasteiger partial charge in [-0.1, -0.05) is 0 Å². The number of carbonyl (C=O) groups excluding carboxylic acids is 1. The molecule has 0 atom stereocenters. The van der Waals surface area contributed by atoms with Gasteiger partial charge in [0.25, 0.3) is 5.56 Å². The fraction of sp³-hybridized carbons (Fsp3) is 0.185. The van der Waals surface area contributed by atoms with Gasteiger partial charge in [-0.3, -0.25) is 9.20 Å². The van der Waals surface area contributed by atoms with E-state index in [9.17, 15) is 14.9 Å². The molecule has 0 unspecified atom stereocenters. The third-order valence-electron chi connectivity index (χ3n) is 5.54. The fourth-order valence-electron chi connectivity index (χ4n) is 3.90. The fourth-order valence-corrected chi connectivity index (χ4v) is 4.24. The number of hydrogen-bond donors (Lipinski definition) is 0. The van der Waals surface area contributed by atoms with Crippen LogP contribution in [0, 0.1) is 25.2 Å². The number of carbonyl (C=O) groups is 1. The highest BCUT2D eigenvalue weighted by molar-refractivity contribution is 9.10. The molecule has 0 amide bonds. The summed E-state index contributed by atoms with van der Waals surface area (Å²) in [7, 11) is 0. The normalized spacial score (nSPS) is 11.4. The van der Waals surface area contributed by atoms with E-state index in [0.717, 1.165) is 32.9 Å². The van der Waals surface area contributed by atoms with Crippen LogP contribution in [-0.2, 0) is 16.1 Å². The minimum absolute atomic E-state index is 0.150. The van der Waals surface area contributed by atoms with Gasteiger partial charge >= 0.3 is 5.97 Å². The van der Waals surface area contributed by atoms with E-state index in [1.165, 1.54) is 16.5 Å². The standard InChI is InChI=1S/C27H23BrN4O4/c1-4-35-24-8-6-23(7-9-24)32-17(2)11-19(18(32)3)12-20(14-29)27(34)36-16-22-13-26(33)31-15-21(28)5-10-25(31)30-22/h5-13,15H,4,16H2,1-3H3/b20-12+. The monoisotopic (exact) mass is 546 g/mol. The zero-order chi connectivity index (χ0) is 25.8. The van der Waals surface area contributed by atoms with Gasteiger partial charge in [0, 0.05) is 33.8 Å². The van der Waals surface area contributed by atoms with Crippen molar-refractivity contribution in [1.29, 1.82) is 5.26 Å². The minimum Gasteiger partial charge on any atom is -0.494 e. The van der Waals surface area contributed by atoms with E-state index in [1.54, 1.807) is 18.3 Å². The molecule has 3 aromatic heterocycles. The first kappa shape index (κ1) is 24.9. The van der Waals surface area contributed by atoms with Crippen molar-refractivity contribution in [2.75, 3.05) is 6.61 Å². The van der Waals surface area contributed by atoms with Crippen LogP contribution in [0.1, 0.15) is 29.6 Å². The molecule has 4 rings (SSSR count). The lowest BCUT2D eigenvalue weighted by Gasteiger charge is -2.11. The Kier molecular flexibility index (Phi) is 7.36. The molecule has 0 bridgehead atoms. The van der Waals surface area contributed by atoms with Crippen molar-refractivity contribution in [2.45, 2.75) is 27.4 Å². The number of hydrogen-bond acceptors (Lipinski definition) is 6. The molecule has 0 spiro atoms. The number of fused-ring (bicyclic) bond motifs is 1. The van der Waals surface area contributed by atoms with Crippen molar-refractivity contribution in [3.63, 3.8) is 0 Å². The summed E-state index contributed by atoms with van der Waals surface area (Å²) < 4.78 is 15.0. The van der Waals surface area contributed by atoms with Crippen LogP contribution in [-0.4, -0.2) is 26.5 Å². The van der Waals surface area contributed by atoms with Gasteiger partial charge in [0.15, 0.2) is 0 Å². The van der Waals surface area contributed by atoms with Gasteiger partial charge in [0.05, 0.1) is 12.3 Å². The van der Waals surface area contributed by atoms with Gasteiger partial charge in [-0.05, 0) is 90.8 Å². The van der Waals surface area contributed by atoms with Crippen LogP contribution in [0.15, 0.2) is 69.6 Å². The maximum atomic E-state index is 12.7. The highest BCUT2D eigenvalue weighted by Gasteiger charge is 2.16. The molecular weight excluding hydrogens is 524 g/mol. The molecule has 3 heterocycles. The van der Waals surface area contributed by atoms with Crippen molar-refractivity contribution in [3.8, 4) is 17.5 Å². The van der Waals surface area contributed by atoms with E-state index in [-0.39, 0.29) is 17.7 Å². The molecule has 0 fully saturated rings. The van der Waals surface area contributed by atoms with Crippen molar-refractivity contribution in [2.24, 2.45) is 0 Å². The van der Waals surface area contributed by atoms with Crippen LogP contribution in [0.4, 0.5) is 0 Å². The third-order valence-corrected chi connectivity index (χ3v) is 6.01. The molecule has 0 radical (unpaired) electrons. The molecule has 182 valence electrons. The number of nitrogens with zero attached hydrogens (tertiary/aromatic N) is 4. The molecule has 0 aliphatic carbocycles. The van der Waals surface area contributed by atoms with Crippen molar-refractivity contribution < 1.29 is 14.3 Å². The number of aryl methyl sites for hydroxylation is 1. The molecular formula is C27H23BrN4O4. The molecule has 0 N–H and O–H groups in total. The van der Waals surface area contributed by atoms with E-state index in [0.29, 0.717) is 17.9 Å². The Bertz CT molecular complexity index is 1580. The Morgan fingerprint density at radius 1 is 1.17 bits per heavy atom. The van der Waals surface area contributed by atoms with Crippen LogP contribution in [0.5, 0.6) is 5.75 Å². The topological polar surface area (TPSA) is 98.6 Å². The average molecular weight is 547 g/mol. The zero-order valence-electron chi connectivity index (χ0n) is 20.0. The summed E-state index contributed by atoms with van der Waals surface area (Å²) >= 11 is 3.32. The first-order valence-corrected chi connectivity index (χ1v) is 12.0. The average Bonchev–Trinajstić information content (AvgIpc) is 3.14. The Morgan fingerprint density at radius 2 is 1.92 bits per heavy atom. The van der Waals surface area contributed by atoms with Crippen LogP contribution in [0.25, 0.3) is 17.4 Å². The second kappa shape index (κ2) is 10.6. The first-order chi connectivity index (χ1) is 17.3. The number of pyridine rings is 1. The molecule has 36 heavy (non-hydrogen) atoms. The van der Waals surface area contributed by atoms with Gasteiger partial charge < -0.3 is 14.0 Å². The highest BCUT2D eigenvalue weighted by atomic mass is 79.9. The van der Waals surface area contributed by atoms with Crippen molar-refractivity contribution in [1.82, 2.24) is 14.0 Å². The maximum absolute atomic E-state index is 12.7. The van der Waals surface area contributed by atoms with Crippen molar-refractivity contribution in [3.05, 3.63) is 97.8 Å². The van der Waals surface area contributed by atoms with Crippen LogP contribution in [0.3, 0.4) is 0 Å². The summed E-state index contributed by atoms with van der Waals surface area (Å²) in [6, 6.07) is 16.3. The van der Waals surface area contributed by atoms with Gasteiger partial charge in [-0.2, -0.15) is 5.26 Å². The number of halogens is 1. The van der Waals surface area contributed by atoms with Gasteiger partial charge in [-0.25, -0.2) is 9.78 Å². The van der Waals surface area contributed by atoms with E-state index in [1.807, 2.05) is 61.7 Å². The Hall–Kier alpha value is -4.16. The summed E-state index contributed by atoms with van der Waals surface area (Å²) in [6.07, 6.45) is 3.12. The van der Waals surface area contributed by atoms with Crippen LogP contribution in [0.2, 0.25) is 0 Å². The van der Waals surface area contributed by atoms with Gasteiger partial charge in [0.2, 0.25) is 0 Å². The van der Waals surface area contributed by atoms with Gasteiger partial charge in [-0.15, -0.1) is 0 Å².